The Balaban J connectivity index is 1.51. The molecule has 43 heavy (non-hydrogen) atoms. The van der Waals surface area contributed by atoms with Crippen LogP contribution in [0.4, 0.5) is 10.3 Å². The number of H-pyrrole nitrogens is 1. The first-order valence-corrected chi connectivity index (χ1v) is 13.3. The zero-order chi connectivity index (χ0) is 31.7. The molecule has 8 N–H and O–H groups in total. The van der Waals surface area contributed by atoms with Gasteiger partial charge in [-0.25, -0.2) is 19.0 Å². The highest BCUT2D eigenvalue weighted by Gasteiger charge is 2.25. The van der Waals surface area contributed by atoms with Crippen molar-refractivity contribution >= 4 is 46.7 Å². The van der Waals surface area contributed by atoms with Crippen molar-refractivity contribution < 1.29 is 43.7 Å². The Hall–Kier alpha value is -5.28. The van der Waals surface area contributed by atoms with Gasteiger partial charge in [0.25, 0.3) is 11.5 Å². The highest BCUT2D eigenvalue weighted by molar-refractivity contribution is 5.97. The monoisotopic (exact) mass is 602 g/mol. The Morgan fingerprint density at radius 1 is 0.977 bits per heavy atom. The zero-order valence-corrected chi connectivity index (χ0v) is 22.8. The van der Waals surface area contributed by atoms with Crippen LogP contribution in [-0.4, -0.2) is 71.7 Å². The Bertz CT molecular complexity index is 1580. The van der Waals surface area contributed by atoms with Crippen LogP contribution in [0.5, 0.6) is 0 Å². The van der Waals surface area contributed by atoms with Gasteiger partial charge in [-0.3, -0.25) is 24.2 Å². The molecule has 0 aliphatic heterocycles. The molecular formula is C27H31FN6O9. The van der Waals surface area contributed by atoms with Gasteiger partial charge >= 0.3 is 17.9 Å². The lowest BCUT2D eigenvalue weighted by atomic mass is 10.0. The molecular weight excluding hydrogens is 571 g/mol. The quantitative estimate of drug-likeness (QED) is 0.113. The van der Waals surface area contributed by atoms with E-state index in [0.29, 0.717) is 42.4 Å². The number of nitrogens with zero attached hydrogens (tertiary/aromatic N) is 2. The van der Waals surface area contributed by atoms with E-state index in [2.05, 4.69) is 20.6 Å². The Kier molecular flexibility index (Phi) is 10.9. The van der Waals surface area contributed by atoms with Crippen molar-refractivity contribution in [2.45, 2.75) is 63.6 Å². The molecule has 0 bridgehead atoms. The van der Waals surface area contributed by atoms with Gasteiger partial charge in [0.1, 0.15) is 23.4 Å². The third-order valence-electron chi connectivity index (χ3n) is 6.58. The van der Waals surface area contributed by atoms with Crippen molar-refractivity contribution in [2.75, 3.05) is 5.73 Å². The molecule has 3 rings (SSSR count). The van der Waals surface area contributed by atoms with Crippen LogP contribution in [0.2, 0.25) is 0 Å². The first-order chi connectivity index (χ1) is 20.3. The molecule has 2 amide bonds. The highest BCUT2D eigenvalue weighted by Crippen LogP contribution is 2.15. The van der Waals surface area contributed by atoms with E-state index >= 15 is 0 Å². The standard InChI is InChI=1S/C27H31FN6O9/c28-16-13-14(3-1-2-11-34-12-10-17-22(34)24(39)33-27(29)32-17)4-5-15(16)23(38)31-19(26(42)43)6-8-20(35)30-18(25(40)41)7-9-21(36)37/h4-5,10,12-13,18-19H,1-3,6-9,11H2,(H,30,35)(H,31,38)(H,36,37)(H,40,41)(H,42,43)(H3,29,32,33,39)/t18-,19-/m0/s1. The number of benzene rings is 1. The average molecular weight is 603 g/mol. The molecule has 0 unspecified atom stereocenters. The molecule has 230 valence electrons. The minimum atomic E-state index is -1.58. The second kappa shape index (κ2) is 14.6. The fourth-order valence-electron chi connectivity index (χ4n) is 4.39. The van der Waals surface area contributed by atoms with E-state index in [1.807, 2.05) is 0 Å². The summed E-state index contributed by atoms with van der Waals surface area (Å²) in [5.41, 5.74) is 6.28. The molecule has 2 heterocycles. The Labute approximate surface area is 242 Å². The second-order valence-corrected chi connectivity index (χ2v) is 9.76. The molecule has 0 radical (unpaired) electrons. The molecule has 2 atom stereocenters. The number of aromatic amines is 1. The third kappa shape index (κ3) is 9.11. The smallest absolute Gasteiger partial charge is 0.326 e. The van der Waals surface area contributed by atoms with E-state index < -0.39 is 72.4 Å². The number of nitrogens with one attached hydrogen (secondary N) is 3. The number of aromatic nitrogens is 3. The van der Waals surface area contributed by atoms with E-state index in [-0.39, 0.29) is 17.9 Å². The molecule has 0 saturated carbocycles. The van der Waals surface area contributed by atoms with Gasteiger partial charge < -0.3 is 36.3 Å². The summed E-state index contributed by atoms with van der Waals surface area (Å²) >= 11 is 0. The first kappa shape index (κ1) is 32.2. The Morgan fingerprint density at radius 3 is 2.30 bits per heavy atom. The first-order valence-electron chi connectivity index (χ1n) is 13.3. The van der Waals surface area contributed by atoms with Crippen molar-refractivity contribution in [1.29, 1.82) is 0 Å². The van der Waals surface area contributed by atoms with Crippen LogP contribution in [0.3, 0.4) is 0 Å². The predicted molar refractivity (Wildman–Crippen MR) is 149 cm³/mol. The number of carboxylic acids is 3. The van der Waals surface area contributed by atoms with Crippen molar-refractivity contribution in [1.82, 2.24) is 25.2 Å². The summed E-state index contributed by atoms with van der Waals surface area (Å²) in [4.78, 5) is 77.0. The van der Waals surface area contributed by atoms with Gasteiger partial charge in [-0.2, -0.15) is 0 Å². The topological polar surface area (TPSA) is 247 Å². The number of halogens is 1. The summed E-state index contributed by atoms with van der Waals surface area (Å²) in [6.45, 7) is 0.509. The average Bonchev–Trinajstić information content (AvgIpc) is 3.33. The summed E-state index contributed by atoms with van der Waals surface area (Å²) in [5.74, 6) is -6.90. The number of nitrogen functional groups attached to an aromatic ring is 1. The maximum Gasteiger partial charge on any atom is 0.326 e. The lowest BCUT2D eigenvalue weighted by Crippen LogP contribution is -2.44. The van der Waals surface area contributed by atoms with Crippen molar-refractivity contribution in [3.05, 3.63) is 57.8 Å². The minimum absolute atomic E-state index is 0.0256. The summed E-state index contributed by atoms with van der Waals surface area (Å²) in [6, 6.07) is 2.55. The number of aryl methyl sites for hydroxylation is 2. The maximum atomic E-state index is 14.8. The largest absolute Gasteiger partial charge is 0.481 e. The van der Waals surface area contributed by atoms with Gasteiger partial charge in [-0.05, 0) is 55.9 Å². The van der Waals surface area contributed by atoms with Crippen molar-refractivity contribution in [2.24, 2.45) is 0 Å². The number of aliphatic carboxylic acids is 3. The number of carboxylic acid groups (broad SMARTS) is 3. The van der Waals surface area contributed by atoms with Crippen LogP contribution in [0.1, 0.15) is 54.4 Å². The van der Waals surface area contributed by atoms with Crippen molar-refractivity contribution in [3.8, 4) is 0 Å². The third-order valence-corrected chi connectivity index (χ3v) is 6.58. The number of hydrogen-bond acceptors (Lipinski definition) is 8. The summed E-state index contributed by atoms with van der Waals surface area (Å²) < 4.78 is 16.5. The second-order valence-electron chi connectivity index (χ2n) is 9.76. The molecule has 0 saturated heterocycles. The molecule has 16 heteroatoms. The molecule has 15 nitrogen and oxygen atoms in total. The number of carbonyl (C=O) groups is 5. The van der Waals surface area contributed by atoms with Gasteiger partial charge in [0.15, 0.2) is 0 Å². The van der Waals surface area contributed by atoms with Gasteiger partial charge in [0.05, 0.1) is 11.1 Å². The van der Waals surface area contributed by atoms with Gasteiger partial charge in [-0.1, -0.05) is 6.07 Å². The van der Waals surface area contributed by atoms with Gasteiger partial charge in [-0.15, -0.1) is 0 Å². The highest BCUT2D eigenvalue weighted by atomic mass is 19.1. The Morgan fingerprint density at radius 2 is 1.65 bits per heavy atom. The SMILES string of the molecule is Nc1nc2ccn(CCCCc3ccc(C(=O)N[C@@H](CCC(=O)N[C@@H](CCC(=O)O)C(=O)O)C(=O)O)c(F)c3)c2c(=O)[nH]1. The summed E-state index contributed by atoms with van der Waals surface area (Å²) in [7, 11) is 0. The van der Waals surface area contributed by atoms with Gasteiger partial charge in [0.2, 0.25) is 11.9 Å². The zero-order valence-electron chi connectivity index (χ0n) is 22.8. The molecule has 0 aliphatic carbocycles. The van der Waals surface area contributed by atoms with Crippen LogP contribution in [-0.2, 0) is 32.1 Å². The number of rotatable bonds is 16. The number of amides is 2. The molecule has 2 aromatic heterocycles. The molecule has 3 aromatic rings. The minimum Gasteiger partial charge on any atom is -0.481 e. The summed E-state index contributed by atoms with van der Waals surface area (Å²) in [5, 5.41) is 31.6. The van der Waals surface area contributed by atoms with Crippen LogP contribution >= 0.6 is 0 Å². The fraction of sp³-hybridized carbons (Fsp3) is 0.370. The van der Waals surface area contributed by atoms with E-state index in [1.54, 1.807) is 16.8 Å². The van der Waals surface area contributed by atoms with E-state index in [9.17, 15) is 38.3 Å². The van der Waals surface area contributed by atoms with Crippen LogP contribution in [0.25, 0.3) is 11.0 Å². The molecule has 1 aromatic carbocycles. The molecule has 0 fully saturated rings. The number of carbonyl (C=O) groups excluding carboxylic acids is 2. The van der Waals surface area contributed by atoms with E-state index in [0.717, 1.165) is 0 Å². The van der Waals surface area contributed by atoms with Crippen LogP contribution in [0, 0.1) is 5.82 Å². The number of hydrogen-bond donors (Lipinski definition) is 7. The molecule has 0 aliphatic rings. The lowest BCUT2D eigenvalue weighted by molar-refractivity contribution is -0.143. The lowest BCUT2D eigenvalue weighted by Gasteiger charge is -2.17. The normalized spacial score (nSPS) is 12.4. The van der Waals surface area contributed by atoms with E-state index in [4.69, 9.17) is 15.9 Å². The fourth-order valence-corrected chi connectivity index (χ4v) is 4.39. The van der Waals surface area contributed by atoms with Crippen molar-refractivity contribution in [3.63, 3.8) is 0 Å². The summed E-state index contributed by atoms with van der Waals surface area (Å²) in [6.07, 6.45) is 1.69. The number of nitrogens with two attached hydrogens (primary N) is 1. The van der Waals surface area contributed by atoms with Crippen LogP contribution < -0.4 is 21.9 Å². The maximum absolute atomic E-state index is 14.8. The van der Waals surface area contributed by atoms with Crippen LogP contribution in [0.15, 0.2) is 35.3 Å². The number of anilines is 1. The van der Waals surface area contributed by atoms with Gasteiger partial charge in [0, 0.05) is 25.6 Å². The number of unbranched alkanes of at least 4 members (excludes halogenated alkanes) is 1. The number of fused-ring (bicyclic) bond motifs is 1. The van der Waals surface area contributed by atoms with E-state index in [1.165, 1.54) is 18.2 Å². The predicted octanol–water partition coefficient (Wildman–Crippen LogP) is 0.866. The molecule has 0 spiro atoms.